The van der Waals surface area contributed by atoms with Crippen molar-refractivity contribution in [3.63, 3.8) is 0 Å². The summed E-state index contributed by atoms with van der Waals surface area (Å²) in [6.07, 6.45) is 1.48. The summed E-state index contributed by atoms with van der Waals surface area (Å²) in [7, 11) is 1.63. The molecule has 0 spiro atoms. The fourth-order valence-electron chi connectivity index (χ4n) is 3.13. The second-order valence-electron chi connectivity index (χ2n) is 5.81. The third kappa shape index (κ3) is 2.83. The largest absolute Gasteiger partial charge is 0.370 e. The Hall–Kier alpha value is -1.58. The zero-order valence-corrected chi connectivity index (χ0v) is 13.7. The first-order chi connectivity index (χ1) is 10.6. The number of hydrogen-bond acceptors (Lipinski definition) is 3. The van der Waals surface area contributed by atoms with E-state index in [1.54, 1.807) is 18.9 Å². The Morgan fingerprint density at radius 2 is 1.68 bits per heavy atom. The number of carbonyl (C=O) groups excluding carboxylic acids is 1. The summed E-state index contributed by atoms with van der Waals surface area (Å²) < 4.78 is 5.55. The summed E-state index contributed by atoms with van der Waals surface area (Å²) in [5, 5.41) is 0. The molecule has 3 heteroatoms. The molecule has 0 unspecified atom stereocenters. The molecule has 2 atom stereocenters. The highest BCUT2D eigenvalue weighted by molar-refractivity contribution is 7.99. The van der Waals surface area contributed by atoms with Gasteiger partial charge in [-0.2, -0.15) is 0 Å². The Bertz CT molecular complexity index is 651. The van der Waals surface area contributed by atoms with Gasteiger partial charge in [-0.05, 0) is 43.2 Å². The van der Waals surface area contributed by atoms with Crippen molar-refractivity contribution in [1.82, 2.24) is 0 Å². The van der Waals surface area contributed by atoms with Crippen molar-refractivity contribution >= 4 is 17.5 Å². The summed E-state index contributed by atoms with van der Waals surface area (Å²) in [5.74, 6) is 0.364. The highest BCUT2D eigenvalue weighted by Crippen LogP contribution is 2.43. The van der Waals surface area contributed by atoms with E-state index in [0.29, 0.717) is 6.42 Å². The highest BCUT2D eigenvalue weighted by atomic mass is 32.2. The summed E-state index contributed by atoms with van der Waals surface area (Å²) in [4.78, 5) is 14.5. The van der Waals surface area contributed by atoms with Crippen LogP contribution >= 0.6 is 11.8 Å². The molecule has 2 aromatic carbocycles. The van der Waals surface area contributed by atoms with E-state index in [4.69, 9.17) is 4.74 Å². The van der Waals surface area contributed by atoms with Crippen LogP contribution in [0.2, 0.25) is 0 Å². The molecule has 22 heavy (non-hydrogen) atoms. The zero-order chi connectivity index (χ0) is 15.6. The van der Waals surface area contributed by atoms with Crippen LogP contribution in [0.4, 0.5) is 0 Å². The molecule has 114 valence electrons. The molecule has 0 aliphatic heterocycles. The van der Waals surface area contributed by atoms with Gasteiger partial charge in [0.1, 0.15) is 5.60 Å². The molecule has 2 nitrogen and oxygen atoms in total. The molecule has 1 saturated carbocycles. The predicted molar refractivity (Wildman–Crippen MR) is 89.4 cm³/mol. The molecule has 3 rings (SSSR count). The maximum Gasteiger partial charge on any atom is 0.164 e. The van der Waals surface area contributed by atoms with Crippen LogP contribution in [0.15, 0.2) is 64.4 Å². The van der Waals surface area contributed by atoms with Gasteiger partial charge in [-0.15, -0.1) is 0 Å². The quantitative estimate of drug-likeness (QED) is 0.819. The van der Waals surface area contributed by atoms with Crippen LogP contribution in [0, 0.1) is 0 Å². The lowest BCUT2D eigenvalue weighted by Crippen LogP contribution is -2.37. The molecule has 1 fully saturated rings. The Morgan fingerprint density at radius 3 is 2.32 bits per heavy atom. The minimum absolute atomic E-state index is 0.153. The number of ketones is 1. The molecule has 1 aliphatic carbocycles. The second kappa shape index (κ2) is 6.27. The minimum atomic E-state index is -0.673. The van der Waals surface area contributed by atoms with E-state index >= 15 is 0 Å². The normalized spacial score (nSPS) is 24.6. The Kier molecular flexibility index (Phi) is 4.37. The van der Waals surface area contributed by atoms with Crippen LogP contribution < -0.4 is 0 Å². The number of Topliss-reactive ketones (excluding diaryl/α,β-unsaturated/α-hetero) is 1. The van der Waals surface area contributed by atoms with Gasteiger partial charge in [0.25, 0.3) is 0 Å². The first kappa shape index (κ1) is 15.3. The molecule has 0 amide bonds. The van der Waals surface area contributed by atoms with Crippen LogP contribution in [0.25, 0.3) is 0 Å². The van der Waals surface area contributed by atoms with Crippen LogP contribution in [-0.4, -0.2) is 18.5 Å². The zero-order valence-electron chi connectivity index (χ0n) is 12.9. The second-order valence-corrected chi connectivity index (χ2v) is 6.96. The first-order valence-corrected chi connectivity index (χ1v) is 8.36. The Morgan fingerprint density at radius 1 is 1.05 bits per heavy atom. The van der Waals surface area contributed by atoms with Crippen molar-refractivity contribution in [2.24, 2.45) is 0 Å². The van der Waals surface area contributed by atoms with Gasteiger partial charge in [-0.3, -0.25) is 4.79 Å². The third-order valence-corrected chi connectivity index (χ3v) is 5.58. The van der Waals surface area contributed by atoms with Crippen molar-refractivity contribution in [3.8, 4) is 0 Å². The van der Waals surface area contributed by atoms with Gasteiger partial charge in [-0.1, -0.05) is 42.1 Å². The van der Waals surface area contributed by atoms with E-state index in [2.05, 4.69) is 36.4 Å². The summed E-state index contributed by atoms with van der Waals surface area (Å²) >= 11 is 1.75. The molecular weight excluding hydrogens is 292 g/mol. The fraction of sp³-hybridized carbons (Fsp3) is 0.316. The monoisotopic (exact) mass is 312 g/mol. The molecule has 1 aliphatic rings. The van der Waals surface area contributed by atoms with Gasteiger partial charge in [0.05, 0.1) is 0 Å². The lowest BCUT2D eigenvalue weighted by atomic mass is 9.86. The molecule has 0 N–H and O–H groups in total. The van der Waals surface area contributed by atoms with E-state index < -0.39 is 5.60 Å². The lowest BCUT2D eigenvalue weighted by Gasteiger charge is -2.28. The standard InChI is InChI=1S/C19H20O2S/c1-19(21-2)17(12-13-18(19)20)14-8-10-16(11-9-14)22-15-6-4-3-5-7-15/h3-11,17H,12-13H2,1-2H3/t17-,19-/m1/s1. The number of rotatable bonds is 4. The average molecular weight is 312 g/mol. The summed E-state index contributed by atoms with van der Waals surface area (Å²) in [6, 6.07) is 18.9. The first-order valence-electron chi connectivity index (χ1n) is 7.55. The van der Waals surface area contributed by atoms with Crippen molar-refractivity contribution in [2.45, 2.75) is 41.1 Å². The van der Waals surface area contributed by atoms with Crippen molar-refractivity contribution in [1.29, 1.82) is 0 Å². The molecule has 0 heterocycles. The average Bonchev–Trinajstić information content (AvgIpc) is 2.85. The van der Waals surface area contributed by atoms with Gasteiger partial charge >= 0.3 is 0 Å². The Balaban J connectivity index is 1.78. The van der Waals surface area contributed by atoms with Gasteiger partial charge in [0.2, 0.25) is 0 Å². The van der Waals surface area contributed by atoms with Crippen molar-refractivity contribution < 1.29 is 9.53 Å². The molecule has 0 bridgehead atoms. The lowest BCUT2D eigenvalue weighted by molar-refractivity contribution is -0.136. The topological polar surface area (TPSA) is 26.3 Å². The smallest absolute Gasteiger partial charge is 0.164 e. The van der Waals surface area contributed by atoms with Crippen LogP contribution in [0.3, 0.4) is 0 Å². The minimum Gasteiger partial charge on any atom is -0.370 e. The number of carbonyl (C=O) groups is 1. The number of methoxy groups -OCH3 is 1. The van der Waals surface area contributed by atoms with E-state index in [1.807, 2.05) is 25.1 Å². The summed E-state index contributed by atoms with van der Waals surface area (Å²) in [6.45, 7) is 1.92. The molecule has 2 aromatic rings. The molecule has 0 saturated heterocycles. The maximum absolute atomic E-state index is 12.1. The van der Waals surface area contributed by atoms with Crippen molar-refractivity contribution in [3.05, 3.63) is 60.2 Å². The van der Waals surface area contributed by atoms with E-state index in [1.165, 1.54) is 15.4 Å². The van der Waals surface area contributed by atoms with Gasteiger partial charge < -0.3 is 4.74 Å². The van der Waals surface area contributed by atoms with Gasteiger partial charge in [-0.25, -0.2) is 0 Å². The number of benzene rings is 2. The third-order valence-electron chi connectivity index (χ3n) is 4.56. The van der Waals surface area contributed by atoms with Crippen LogP contribution in [0.1, 0.15) is 31.2 Å². The SMILES string of the molecule is CO[C@@]1(C)C(=O)CC[C@@H]1c1ccc(Sc2ccccc2)cc1. The highest BCUT2D eigenvalue weighted by Gasteiger charge is 2.46. The molecule has 0 radical (unpaired) electrons. The number of ether oxygens (including phenoxy) is 1. The molecule has 0 aromatic heterocycles. The van der Waals surface area contributed by atoms with E-state index in [9.17, 15) is 4.79 Å². The predicted octanol–water partition coefficient (Wildman–Crippen LogP) is 4.69. The summed E-state index contributed by atoms with van der Waals surface area (Å²) in [5.41, 5.74) is 0.515. The number of hydrogen-bond donors (Lipinski definition) is 0. The van der Waals surface area contributed by atoms with Crippen molar-refractivity contribution in [2.75, 3.05) is 7.11 Å². The van der Waals surface area contributed by atoms with E-state index in [0.717, 1.165) is 6.42 Å². The molecular formula is C19H20O2S. The fourth-order valence-corrected chi connectivity index (χ4v) is 3.96. The van der Waals surface area contributed by atoms with E-state index in [-0.39, 0.29) is 11.7 Å². The van der Waals surface area contributed by atoms with Gasteiger partial charge in [0, 0.05) is 29.2 Å². The van der Waals surface area contributed by atoms with Crippen LogP contribution in [0.5, 0.6) is 0 Å². The van der Waals surface area contributed by atoms with Gasteiger partial charge in [0.15, 0.2) is 5.78 Å². The Labute approximate surface area is 135 Å². The van der Waals surface area contributed by atoms with Crippen LogP contribution in [-0.2, 0) is 9.53 Å². The maximum atomic E-state index is 12.1.